The molecule has 9 atom stereocenters. The molecule has 4 aliphatic carbocycles. The van der Waals surface area contributed by atoms with Gasteiger partial charge < -0.3 is 9.47 Å². The molecule has 0 aromatic carbocycles. The summed E-state index contributed by atoms with van der Waals surface area (Å²) in [7, 11) is 1.82. The maximum atomic E-state index is 12.8. The number of ketones is 1. The van der Waals surface area contributed by atoms with Crippen LogP contribution in [0.5, 0.6) is 0 Å². The van der Waals surface area contributed by atoms with E-state index >= 15 is 0 Å². The van der Waals surface area contributed by atoms with Crippen LogP contribution in [0.2, 0.25) is 0 Å². The summed E-state index contributed by atoms with van der Waals surface area (Å²) in [5, 5.41) is 0. The van der Waals surface area contributed by atoms with Gasteiger partial charge in [0.1, 0.15) is 5.78 Å². The SMILES string of the molecule is CO[C@@H]1O[C@](C)([C@H]2CC[C@]3(C)[C@@H]4CC[C@@H]5C(C)(C)C(=O)CC[C@]5(C)[C@H]4CC[C@H]23)CCC1(C)C. The van der Waals surface area contributed by atoms with Crippen molar-refractivity contribution >= 4 is 5.78 Å². The van der Waals surface area contributed by atoms with Gasteiger partial charge in [-0.05, 0) is 105 Å². The highest BCUT2D eigenvalue weighted by atomic mass is 16.7. The Balaban J connectivity index is 1.41. The van der Waals surface area contributed by atoms with E-state index in [9.17, 15) is 4.79 Å². The van der Waals surface area contributed by atoms with E-state index in [2.05, 4.69) is 48.5 Å². The van der Waals surface area contributed by atoms with Gasteiger partial charge in [0.2, 0.25) is 0 Å². The Labute approximate surface area is 203 Å². The Morgan fingerprint density at radius 3 is 2.00 bits per heavy atom. The lowest BCUT2D eigenvalue weighted by Crippen LogP contribution is -2.60. The lowest BCUT2D eigenvalue weighted by Gasteiger charge is -2.64. The second kappa shape index (κ2) is 7.55. The molecule has 3 heteroatoms. The van der Waals surface area contributed by atoms with E-state index in [0.29, 0.717) is 28.4 Å². The third-order valence-electron chi connectivity index (χ3n) is 12.6. The minimum absolute atomic E-state index is 0.0637. The second-order valence-electron chi connectivity index (χ2n) is 14.8. The van der Waals surface area contributed by atoms with E-state index in [1.807, 2.05) is 7.11 Å². The summed E-state index contributed by atoms with van der Waals surface area (Å²) in [6.45, 7) is 16.7. The van der Waals surface area contributed by atoms with Crippen LogP contribution in [0.25, 0.3) is 0 Å². The maximum Gasteiger partial charge on any atom is 0.162 e. The fourth-order valence-corrected chi connectivity index (χ4v) is 10.5. The zero-order valence-corrected chi connectivity index (χ0v) is 22.8. The molecule has 3 nitrogen and oxygen atoms in total. The van der Waals surface area contributed by atoms with Crippen molar-refractivity contribution in [2.24, 2.45) is 51.2 Å². The summed E-state index contributed by atoms with van der Waals surface area (Å²) in [4.78, 5) is 12.8. The summed E-state index contributed by atoms with van der Waals surface area (Å²) in [5.74, 6) is 4.09. The van der Waals surface area contributed by atoms with Crippen LogP contribution in [-0.4, -0.2) is 24.8 Å². The minimum Gasteiger partial charge on any atom is -0.355 e. The normalized spacial score (nSPS) is 53.2. The Hall–Kier alpha value is -0.410. The Kier molecular flexibility index (Phi) is 5.55. The molecular weight excluding hydrogens is 408 g/mol. The first-order valence-corrected chi connectivity index (χ1v) is 14.0. The third-order valence-corrected chi connectivity index (χ3v) is 12.6. The molecule has 0 radical (unpaired) electrons. The average molecular weight is 459 g/mol. The highest BCUT2D eigenvalue weighted by molar-refractivity contribution is 5.85. The molecule has 0 aromatic rings. The van der Waals surface area contributed by atoms with Crippen molar-refractivity contribution in [2.45, 2.75) is 125 Å². The Morgan fingerprint density at radius 1 is 0.727 bits per heavy atom. The van der Waals surface area contributed by atoms with Gasteiger partial charge in [0, 0.05) is 24.4 Å². The number of fused-ring (bicyclic) bond motifs is 5. The molecule has 1 saturated heterocycles. The summed E-state index contributed by atoms with van der Waals surface area (Å²) in [6, 6.07) is 0. The molecule has 4 saturated carbocycles. The summed E-state index contributed by atoms with van der Waals surface area (Å²) in [5.41, 5.74) is 0.648. The van der Waals surface area contributed by atoms with Gasteiger partial charge in [-0.1, -0.05) is 41.5 Å². The fraction of sp³-hybridized carbons (Fsp3) is 0.967. The number of methoxy groups -OCH3 is 1. The lowest BCUT2D eigenvalue weighted by molar-refractivity contribution is -0.289. The number of carbonyl (C=O) groups excluding carboxylic acids is 1. The van der Waals surface area contributed by atoms with Gasteiger partial charge in [-0.25, -0.2) is 0 Å². The number of hydrogen-bond acceptors (Lipinski definition) is 3. The van der Waals surface area contributed by atoms with Crippen LogP contribution in [0, 0.1) is 51.2 Å². The predicted molar refractivity (Wildman–Crippen MR) is 133 cm³/mol. The van der Waals surface area contributed by atoms with Gasteiger partial charge in [-0.2, -0.15) is 0 Å². The molecule has 0 N–H and O–H groups in total. The molecule has 188 valence electrons. The van der Waals surface area contributed by atoms with E-state index < -0.39 is 0 Å². The van der Waals surface area contributed by atoms with Crippen molar-refractivity contribution in [2.75, 3.05) is 7.11 Å². The molecule has 5 rings (SSSR count). The number of ether oxygens (including phenoxy) is 2. The first-order chi connectivity index (χ1) is 15.3. The molecule has 0 aromatic heterocycles. The molecule has 0 spiro atoms. The standard InChI is InChI=1S/C30H50O3/c1-26(2)17-18-30(7,33-25(26)32-8)22-13-15-28(5)19-11-12-23-27(3,4)24(31)14-16-29(23,6)20(19)9-10-21(22)28/h19-23,25H,9-18H2,1-8H3/t19-,20+,21-,22+,23-,25-,28-,29-,30+/m1/s1. The van der Waals surface area contributed by atoms with Crippen LogP contribution in [0.1, 0.15) is 113 Å². The molecule has 5 aliphatic rings. The zero-order valence-electron chi connectivity index (χ0n) is 22.8. The van der Waals surface area contributed by atoms with Gasteiger partial charge in [-0.3, -0.25) is 4.79 Å². The molecule has 0 unspecified atom stereocenters. The summed E-state index contributed by atoms with van der Waals surface area (Å²) >= 11 is 0. The molecule has 5 fully saturated rings. The summed E-state index contributed by atoms with van der Waals surface area (Å²) in [6.07, 6.45) is 12.1. The van der Waals surface area contributed by atoms with Gasteiger partial charge in [0.25, 0.3) is 0 Å². The van der Waals surface area contributed by atoms with Gasteiger partial charge in [-0.15, -0.1) is 0 Å². The first kappa shape index (κ1) is 24.3. The lowest BCUT2D eigenvalue weighted by atomic mass is 9.40. The van der Waals surface area contributed by atoms with Crippen molar-refractivity contribution < 1.29 is 14.3 Å². The van der Waals surface area contributed by atoms with Crippen LogP contribution < -0.4 is 0 Å². The number of Topliss-reactive ketones (excluding diaryl/α,β-unsaturated/α-hetero) is 1. The van der Waals surface area contributed by atoms with E-state index in [1.54, 1.807) is 0 Å². The van der Waals surface area contributed by atoms with Crippen LogP contribution >= 0.6 is 0 Å². The maximum absolute atomic E-state index is 12.8. The van der Waals surface area contributed by atoms with Crippen molar-refractivity contribution in [3.05, 3.63) is 0 Å². The molecule has 0 amide bonds. The topological polar surface area (TPSA) is 35.5 Å². The number of carbonyl (C=O) groups is 1. The highest BCUT2D eigenvalue weighted by Crippen LogP contribution is 2.71. The smallest absolute Gasteiger partial charge is 0.162 e. The quantitative estimate of drug-likeness (QED) is 0.432. The molecule has 33 heavy (non-hydrogen) atoms. The minimum atomic E-state index is -0.140. The van der Waals surface area contributed by atoms with Crippen LogP contribution in [0.3, 0.4) is 0 Å². The van der Waals surface area contributed by atoms with E-state index in [0.717, 1.165) is 37.0 Å². The fourth-order valence-electron chi connectivity index (χ4n) is 10.5. The van der Waals surface area contributed by atoms with Crippen molar-refractivity contribution in [3.8, 4) is 0 Å². The molecule has 1 aliphatic heterocycles. The summed E-state index contributed by atoms with van der Waals surface area (Å²) < 4.78 is 12.7. The van der Waals surface area contributed by atoms with Crippen molar-refractivity contribution in [3.63, 3.8) is 0 Å². The van der Waals surface area contributed by atoms with Gasteiger partial charge in [0.15, 0.2) is 6.29 Å². The average Bonchev–Trinajstić information content (AvgIpc) is 3.11. The first-order valence-electron chi connectivity index (χ1n) is 14.0. The van der Waals surface area contributed by atoms with E-state index in [4.69, 9.17) is 9.47 Å². The van der Waals surface area contributed by atoms with Crippen LogP contribution in [0.15, 0.2) is 0 Å². The Bertz CT molecular complexity index is 800. The number of rotatable bonds is 2. The third kappa shape index (κ3) is 3.30. The van der Waals surface area contributed by atoms with E-state index in [-0.39, 0.29) is 22.7 Å². The van der Waals surface area contributed by atoms with Crippen LogP contribution in [0.4, 0.5) is 0 Å². The largest absolute Gasteiger partial charge is 0.355 e. The Morgan fingerprint density at radius 2 is 1.33 bits per heavy atom. The molecule has 1 heterocycles. The zero-order chi connectivity index (χ0) is 24.0. The van der Waals surface area contributed by atoms with E-state index in [1.165, 1.54) is 44.9 Å². The monoisotopic (exact) mass is 458 g/mol. The van der Waals surface area contributed by atoms with Gasteiger partial charge in [0.05, 0.1) is 5.60 Å². The van der Waals surface area contributed by atoms with Gasteiger partial charge >= 0.3 is 0 Å². The molecular formula is C30H50O3. The molecule has 0 bridgehead atoms. The number of hydrogen-bond donors (Lipinski definition) is 0. The van der Waals surface area contributed by atoms with Crippen molar-refractivity contribution in [1.82, 2.24) is 0 Å². The van der Waals surface area contributed by atoms with Crippen LogP contribution in [-0.2, 0) is 14.3 Å². The highest BCUT2D eigenvalue weighted by Gasteiger charge is 2.65. The van der Waals surface area contributed by atoms with Crippen molar-refractivity contribution in [1.29, 1.82) is 0 Å². The predicted octanol–water partition coefficient (Wildman–Crippen LogP) is 7.42. The second-order valence-corrected chi connectivity index (χ2v) is 14.8.